The highest BCUT2D eigenvalue weighted by molar-refractivity contribution is 5.95. The number of pyridine rings is 1. The number of imidazole rings is 1. The highest BCUT2D eigenvalue weighted by atomic mass is 16.2. The first-order chi connectivity index (χ1) is 15.4. The average molecular weight is 430 g/mol. The number of aromatic nitrogens is 3. The zero-order chi connectivity index (χ0) is 22.4. The van der Waals surface area contributed by atoms with Crippen molar-refractivity contribution in [2.45, 2.75) is 58.7 Å². The summed E-state index contributed by atoms with van der Waals surface area (Å²) < 4.78 is 2.33. The van der Waals surface area contributed by atoms with Crippen molar-refractivity contribution < 1.29 is 4.79 Å². The van der Waals surface area contributed by atoms with E-state index in [1.165, 1.54) is 5.69 Å². The number of aryl methyl sites for hydroxylation is 1. The summed E-state index contributed by atoms with van der Waals surface area (Å²) in [5, 5.41) is 0. The molecule has 1 fully saturated rings. The molecule has 3 aromatic rings. The fraction of sp³-hybridized carbons (Fsp3) is 0.423. The summed E-state index contributed by atoms with van der Waals surface area (Å²) in [5.41, 5.74) is 6.31. The summed E-state index contributed by atoms with van der Waals surface area (Å²) in [5.74, 6) is 1.49. The number of fused-ring (bicyclic) bond motifs is 1. The highest BCUT2D eigenvalue weighted by Gasteiger charge is 2.30. The lowest BCUT2D eigenvalue weighted by atomic mass is 10.00. The molecule has 1 saturated carbocycles. The highest BCUT2D eigenvalue weighted by Crippen LogP contribution is 2.34. The quantitative estimate of drug-likeness (QED) is 0.593. The molecule has 166 valence electrons. The van der Waals surface area contributed by atoms with Gasteiger partial charge in [-0.1, -0.05) is 19.9 Å². The maximum Gasteiger partial charge on any atom is 0.253 e. The summed E-state index contributed by atoms with van der Waals surface area (Å²) in [4.78, 5) is 26.8. The second-order valence-electron chi connectivity index (χ2n) is 9.32. The summed E-state index contributed by atoms with van der Waals surface area (Å²) in [6.07, 6.45) is 4.10. The molecule has 0 saturated heterocycles. The van der Waals surface area contributed by atoms with Crippen LogP contribution in [0.5, 0.6) is 0 Å². The summed E-state index contributed by atoms with van der Waals surface area (Å²) in [6, 6.07) is 12.6. The summed E-state index contributed by atoms with van der Waals surface area (Å²) in [6.45, 7) is 8.97. The van der Waals surface area contributed by atoms with Crippen LogP contribution in [0.4, 0.5) is 5.69 Å². The number of anilines is 1. The topological polar surface area (TPSA) is 54.3 Å². The number of benzene rings is 1. The molecule has 0 bridgehead atoms. The maximum atomic E-state index is 12.9. The third kappa shape index (κ3) is 3.68. The zero-order valence-electron chi connectivity index (χ0n) is 19.4. The van der Waals surface area contributed by atoms with Crippen molar-refractivity contribution >= 4 is 11.6 Å². The van der Waals surface area contributed by atoms with E-state index in [0.717, 1.165) is 66.5 Å². The van der Waals surface area contributed by atoms with Crippen LogP contribution in [-0.2, 0) is 13.1 Å². The molecule has 32 heavy (non-hydrogen) atoms. The van der Waals surface area contributed by atoms with Crippen molar-refractivity contribution in [2.24, 2.45) is 0 Å². The van der Waals surface area contributed by atoms with Crippen molar-refractivity contribution in [3.05, 3.63) is 65.4 Å². The van der Waals surface area contributed by atoms with Gasteiger partial charge in [0.25, 0.3) is 5.91 Å². The molecule has 2 aliphatic rings. The van der Waals surface area contributed by atoms with Crippen molar-refractivity contribution in [2.75, 3.05) is 18.5 Å². The molecule has 1 aromatic carbocycles. The van der Waals surface area contributed by atoms with E-state index in [4.69, 9.17) is 4.98 Å². The molecule has 1 amide bonds. The van der Waals surface area contributed by atoms with Crippen LogP contribution in [0.25, 0.3) is 11.3 Å². The van der Waals surface area contributed by atoms with Crippen molar-refractivity contribution in [1.82, 2.24) is 19.4 Å². The lowest BCUT2D eigenvalue weighted by Crippen LogP contribution is -2.34. The van der Waals surface area contributed by atoms with Gasteiger partial charge in [-0.3, -0.25) is 9.78 Å². The molecule has 6 nitrogen and oxygen atoms in total. The number of carbonyl (C=O) groups excluding carboxylic acids is 1. The van der Waals surface area contributed by atoms with Crippen LogP contribution in [-0.4, -0.2) is 45.0 Å². The van der Waals surface area contributed by atoms with Gasteiger partial charge in [0.2, 0.25) is 0 Å². The van der Waals surface area contributed by atoms with E-state index in [9.17, 15) is 4.79 Å². The number of hydrogen-bond acceptors (Lipinski definition) is 4. The number of hydrogen-bond donors (Lipinski definition) is 0. The Bertz CT molecular complexity index is 1160. The van der Waals surface area contributed by atoms with Crippen LogP contribution in [0.15, 0.2) is 42.6 Å². The van der Waals surface area contributed by atoms with Crippen LogP contribution < -0.4 is 4.90 Å². The first-order valence-electron chi connectivity index (χ1n) is 11.6. The number of amides is 1. The van der Waals surface area contributed by atoms with Crippen molar-refractivity contribution in [3.8, 4) is 11.3 Å². The molecule has 0 radical (unpaired) electrons. The van der Waals surface area contributed by atoms with E-state index < -0.39 is 0 Å². The molecule has 0 atom stereocenters. The lowest BCUT2D eigenvalue weighted by molar-refractivity contribution is 0.0785. The first kappa shape index (κ1) is 20.7. The Labute approximate surface area is 189 Å². The summed E-state index contributed by atoms with van der Waals surface area (Å²) >= 11 is 0. The first-order valence-corrected chi connectivity index (χ1v) is 11.6. The molecular formula is C26H31N5O. The third-order valence-electron chi connectivity index (χ3n) is 6.71. The second kappa shape index (κ2) is 8.08. The Kier molecular flexibility index (Phi) is 5.24. The van der Waals surface area contributed by atoms with Gasteiger partial charge in [-0.05, 0) is 56.0 Å². The van der Waals surface area contributed by atoms with Gasteiger partial charge < -0.3 is 14.4 Å². The smallest absolute Gasteiger partial charge is 0.253 e. The lowest BCUT2D eigenvalue weighted by Gasteiger charge is -2.31. The molecule has 0 N–H and O–H groups in total. The minimum absolute atomic E-state index is 0.116. The van der Waals surface area contributed by atoms with Gasteiger partial charge in [0.05, 0.1) is 23.6 Å². The molecule has 3 heterocycles. The fourth-order valence-corrected chi connectivity index (χ4v) is 4.73. The Morgan fingerprint density at radius 2 is 1.97 bits per heavy atom. The maximum absolute atomic E-state index is 12.9. The van der Waals surface area contributed by atoms with E-state index in [1.54, 1.807) is 0 Å². The Balaban J connectivity index is 1.47. The molecular weight excluding hydrogens is 398 g/mol. The number of rotatable bonds is 5. The molecule has 1 aliphatic carbocycles. The SMILES string of the molecule is Cc1nc(-c2cccnc2C(C)C)c2n1CCN(c1cccc(C(=O)N(C)C3CC3)c1)C2. The molecule has 0 spiro atoms. The monoisotopic (exact) mass is 429 g/mol. The standard InChI is InChI=1S/C26H31N5O/c1-17(2)24-22(9-6-12-27-24)25-23-16-30(13-14-31(23)18(3)28-25)21-8-5-7-19(15-21)26(32)29(4)20-10-11-20/h5-9,12,15,17,20H,10-11,13-14,16H2,1-4H3. The fourth-order valence-electron chi connectivity index (χ4n) is 4.73. The molecule has 5 rings (SSSR count). The Morgan fingerprint density at radius 3 is 2.72 bits per heavy atom. The van der Waals surface area contributed by atoms with Gasteiger partial charge in [0, 0.05) is 49.2 Å². The normalized spacial score (nSPS) is 15.7. The zero-order valence-corrected chi connectivity index (χ0v) is 19.4. The van der Waals surface area contributed by atoms with Crippen molar-refractivity contribution in [1.29, 1.82) is 0 Å². The Morgan fingerprint density at radius 1 is 1.16 bits per heavy atom. The average Bonchev–Trinajstić information content (AvgIpc) is 3.62. The molecule has 1 aliphatic heterocycles. The summed E-state index contributed by atoms with van der Waals surface area (Å²) in [7, 11) is 1.92. The molecule has 6 heteroatoms. The largest absolute Gasteiger partial charge is 0.364 e. The van der Waals surface area contributed by atoms with Gasteiger partial charge in [0.15, 0.2) is 0 Å². The van der Waals surface area contributed by atoms with Crippen molar-refractivity contribution in [3.63, 3.8) is 0 Å². The third-order valence-corrected chi connectivity index (χ3v) is 6.71. The van der Waals surface area contributed by atoms with E-state index in [1.807, 2.05) is 42.4 Å². The van der Waals surface area contributed by atoms with Gasteiger partial charge in [0.1, 0.15) is 5.82 Å². The predicted octanol–water partition coefficient (Wildman–Crippen LogP) is 4.63. The molecule has 0 unspecified atom stereocenters. The van der Waals surface area contributed by atoms with Gasteiger partial charge in [-0.2, -0.15) is 0 Å². The predicted molar refractivity (Wildman–Crippen MR) is 127 cm³/mol. The van der Waals surface area contributed by atoms with Crippen LogP contribution in [0.2, 0.25) is 0 Å². The van der Waals surface area contributed by atoms with E-state index in [-0.39, 0.29) is 5.91 Å². The van der Waals surface area contributed by atoms with E-state index >= 15 is 0 Å². The minimum Gasteiger partial charge on any atom is -0.364 e. The van der Waals surface area contributed by atoms with E-state index in [0.29, 0.717) is 12.0 Å². The van der Waals surface area contributed by atoms with Crippen LogP contribution in [0.3, 0.4) is 0 Å². The molecule has 2 aromatic heterocycles. The van der Waals surface area contributed by atoms with Gasteiger partial charge in [-0.25, -0.2) is 4.98 Å². The van der Waals surface area contributed by atoms with Crippen LogP contribution in [0, 0.1) is 6.92 Å². The van der Waals surface area contributed by atoms with Crippen LogP contribution >= 0.6 is 0 Å². The number of nitrogens with zero attached hydrogens (tertiary/aromatic N) is 5. The van der Waals surface area contributed by atoms with Gasteiger partial charge >= 0.3 is 0 Å². The van der Waals surface area contributed by atoms with Gasteiger partial charge in [-0.15, -0.1) is 0 Å². The number of carbonyl (C=O) groups is 1. The second-order valence-corrected chi connectivity index (χ2v) is 9.32. The van der Waals surface area contributed by atoms with Crippen LogP contribution in [0.1, 0.15) is 60.2 Å². The Hall–Kier alpha value is -3.15. The minimum atomic E-state index is 0.116. The van der Waals surface area contributed by atoms with E-state index in [2.05, 4.69) is 47.4 Å².